The van der Waals surface area contributed by atoms with Crippen LogP contribution in [0.25, 0.3) is 0 Å². The summed E-state index contributed by atoms with van der Waals surface area (Å²) in [5, 5.41) is 7.38. The van der Waals surface area contributed by atoms with Crippen molar-refractivity contribution in [2.75, 3.05) is 13.1 Å². The second-order valence-electron chi connectivity index (χ2n) is 5.14. The Labute approximate surface area is 119 Å². The van der Waals surface area contributed by atoms with Crippen molar-refractivity contribution < 1.29 is 9.53 Å². The van der Waals surface area contributed by atoms with Gasteiger partial charge in [0.2, 0.25) is 0 Å². The fourth-order valence-electron chi connectivity index (χ4n) is 2.46. The number of benzene rings is 1. The summed E-state index contributed by atoms with van der Waals surface area (Å²) in [4.78, 5) is 13.6. The number of piperidine rings is 1. The first-order valence-corrected chi connectivity index (χ1v) is 7.00. The third kappa shape index (κ3) is 4.26. The zero-order valence-electron chi connectivity index (χ0n) is 11.5. The molecule has 0 atom stereocenters. The Bertz CT molecular complexity index is 453. The Morgan fingerprint density at radius 3 is 2.55 bits per heavy atom. The van der Waals surface area contributed by atoms with Crippen LogP contribution in [0.15, 0.2) is 30.3 Å². The molecule has 20 heavy (non-hydrogen) atoms. The molecular weight excluding hydrogens is 254 g/mol. The number of likely N-dealkylation sites (tertiary alicyclic amines) is 1. The Morgan fingerprint density at radius 1 is 1.30 bits per heavy atom. The van der Waals surface area contributed by atoms with Gasteiger partial charge in [0.25, 0.3) is 0 Å². The Balaban J connectivity index is 1.68. The number of guanidine groups is 1. The minimum atomic E-state index is -0.176. The van der Waals surface area contributed by atoms with Crippen molar-refractivity contribution in [1.82, 2.24) is 4.90 Å². The van der Waals surface area contributed by atoms with Crippen molar-refractivity contribution in [1.29, 1.82) is 5.41 Å². The molecule has 5 heteroatoms. The molecule has 5 nitrogen and oxygen atoms in total. The summed E-state index contributed by atoms with van der Waals surface area (Å²) < 4.78 is 5.26. The van der Waals surface area contributed by atoms with Gasteiger partial charge in [-0.15, -0.1) is 0 Å². The monoisotopic (exact) mass is 275 g/mol. The Morgan fingerprint density at radius 2 is 1.95 bits per heavy atom. The van der Waals surface area contributed by atoms with Crippen LogP contribution in [0.4, 0.5) is 0 Å². The number of rotatable bonds is 4. The molecule has 0 unspecified atom stereocenters. The number of nitrogens with zero attached hydrogens (tertiary/aromatic N) is 1. The van der Waals surface area contributed by atoms with Gasteiger partial charge in [-0.1, -0.05) is 18.2 Å². The summed E-state index contributed by atoms with van der Waals surface area (Å²) in [5.41, 5.74) is 5.46. The molecule has 1 fully saturated rings. The van der Waals surface area contributed by atoms with Gasteiger partial charge in [0, 0.05) is 19.5 Å². The predicted molar refractivity (Wildman–Crippen MR) is 77.5 cm³/mol. The molecule has 3 N–H and O–H groups in total. The largest absolute Gasteiger partial charge is 0.427 e. The minimum absolute atomic E-state index is 0.145. The molecule has 0 radical (unpaired) electrons. The lowest BCUT2D eigenvalue weighted by molar-refractivity contribution is -0.134. The van der Waals surface area contributed by atoms with Gasteiger partial charge in [0.15, 0.2) is 5.96 Å². The molecular formula is C15H21N3O2. The van der Waals surface area contributed by atoms with Crippen LogP contribution in [0.2, 0.25) is 0 Å². The molecule has 1 saturated heterocycles. The zero-order valence-corrected chi connectivity index (χ0v) is 11.5. The number of carbonyl (C=O) groups excluding carboxylic acids is 1. The van der Waals surface area contributed by atoms with Crippen LogP contribution >= 0.6 is 0 Å². The summed E-state index contributed by atoms with van der Waals surface area (Å²) in [6.45, 7) is 1.63. The summed E-state index contributed by atoms with van der Waals surface area (Å²) in [7, 11) is 0. The van der Waals surface area contributed by atoms with E-state index in [9.17, 15) is 4.79 Å². The van der Waals surface area contributed by atoms with E-state index in [2.05, 4.69) is 0 Å². The molecule has 1 aromatic carbocycles. The summed E-state index contributed by atoms with van der Waals surface area (Å²) in [5.74, 6) is 1.09. The van der Waals surface area contributed by atoms with Crippen LogP contribution in [0.3, 0.4) is 0 Å². The van der Waals surface area contributed by atoms with E-state index in [-0.39, 0.29) is 11.9 Å². The van der Waals surface area contributed by atoms with Crippen LogP contribution in [0.5, 0.6) is 5.75 Å². The Kier molecular flexibility index (Phi) is 4.98. The number of hydrogen-bond donors (Lipinski definition) is 2. The van der Waals surface area contributed by atoms with Gasteiger partial charge < -0.3 is 15.4 Å². The minimum Gasteiger partial charge on any atom is -0.427 e. The van der Waals surface area contributed by atoms with E-state index in [1.54, 1.807) is 12.1 Å². The first kappa shape index (κ1) is 14.4. The molecule has 2 rings (SSSR count). The number of carbonyl (C=O) groups is 1. The molecule has 0 amide bonds. The maximum Gasteiger partial charge on any atom is 0.311 e. The van der Waals surface area contributed by atoms with E-state index in [1.807, 2.05) is 23.1 Å². The maximum absolute atomic E-state index is 11.7. The highest BCUT2D eigenvalue weighted by Crippen LogP contribution is 2.22. The average Bonchev–Trinajstić information content (AvgIpc) is 2.46. The van der Waals surface area contributed by atoms with Crippen molar-refractivity contribution in [2.24, 2.45) is 11.7 Å². The smallest absolute Gasteiger partial charge is 0.311 e. The molecule has 1 aromatic rings. The van der Waals surface area contributed by atoms with Crippen LogP contribution in [-0.4, -0.2) is 29.9 Å². The van der Waals surface area contributed by atoms with Crippen molar-refractivity contribution in [3.05, 3.63) is 30.3 Å². The molecule has 0 aromatic heterocycles. The number of ether oxygens (including phenoxy) is 1. The van der Waals surface area contributed by atoms with E-state index >= 15 is 0 Å². The predicted octanol–water partition coefficient (Wildman–Crippen LogP) is 1.98. The fourth-order valence-corrected chi connectivity index (χ4v) is 2.46. The van der Waals surface area contributed by atoms with Gasteiger partial charge in [0.1, 0.15) is 5.75 Å². The van der Waals surface area contributed by atoms with Gasteiger partial charge in [0.05, 0.1) is 0 Å². The lowest BCUT2D eigenvalue weighted by Crippen LogP contribution is -2.42. The SMILES string of the molecule is N=C(N)N1CCC(CCC(=O)Oc2ccccc2)CC1. The van der Waals surface area contributed by atoms with E-state index in [4.69, 9.17) is 15.9 Å². The number of nitrogens with two attached hydrogens (primary N) is 1. The summed E-state index contributed by atoms with van der Waals surface area (Å²) >= 11 is 0. The van der Waals surface area contributed by atoms with Crippen LogP contribution in [-0.2, 0) is 4.79 Å². The van der Waals surface area contributed by atoms with E-state index in [1.165, 1.54) is 0 Å². The van der Waals surface area contributed by atoms with E-state index < -0.39 is 0 Å². The average molecular weight is 275 g/mol. The standard InChI is InChI=1S/C15H21N3O2/c16-15(17)18-10-8-12(9-11-18)6-7-14(19)20-13-4-2-1-3-5-13/h1-5,12H,6-11H2,(H3,16,17). The van der Waals surface area contributed by atoms with Gasteiger partial charge in [-0.25, -0.2) is 0 Å². The zero-order chi connectivity index (χ0) is 14.4. The van der Waals surface area contributed by atoms with Crippen molar-refractivity contribution >= 4 is 11.9 Å². The van der Waals surface area contributed by atoms with Gasteiger partial charge in [-0.05, 0) is 37.3 Å². The molecule has 1 aliphatic rings. The number of esters is 1. The molecule has 0 spiro atoms. The highest BCUT2D eigenvalue weighted by atomic mass is 16.5. The topological polar surface area (TPSA) is 79.4 Å². The third-order valence-corrected chi connectivity index (χ3v) is 3.69. The molecule has 0 saturated carbocycles. The first-order chi connectivity index (χ1) is 9.65. The quantitative estimate of drug-likeness (QED) is 0.381. The third-order valence-electron chi connectivity index (χ3n) is 3.69. The lowest BCUT2D eigenvalue weighted by Gasteiger charge is -2.31. The van der Waals surface area contributed by atoms with Gasteiger partial charge >= 0.3 is 5.97 Å². The summed E-state index contributed by atoms with van der Waals surface area (Å²) in [6, 6.07) is 9.15. The van der Waals surface area contributed by atoms with Crippen molar-refractivity contribution in [3.8, 4) is 5.75 Å². The number of para-hydroxylation sites is 1. The molecule has 1 aliphatic heterocycles. The first-order valence-electron chi connectivity index (χ1n) is 7.00. The molecule has 108 valence electrons. The maximum atomic E-state index is 11.7. The summed E-state index contributed by atoms with van der Waals surface area (Å²) in [6.07, 6.45) is 3.26. The molecule has 1 heterocycles. The van der Waals surface area contributed by atoms with Crippen LogP contribution in [0, 0.1) is 11.3 Å². The highest BCUT2D eigenvalue weighted by molar-refractivity contribution is 5.74. The second kappa shape index (κ2) is 6.93. The Hall–Kier alpha value is -2.04. The lowest BCUT2D eigenvalue weighted by atomic mass is 9.92. The molecule has 0 bridgehead atoms. The van der Waals surface area contributed by atoms with Crippen LogP contribution in [0.1, 0.15) is 25.7 Å². The number of nitrogens with one attached hydrogen (secondary N) is 1. The molecule has 0 aliphatic carbocycles. The van der Waals surface area contributed by atoms with Gasteiger partial charge in [-0.3, -0.25) is 10.2 Å². The highest BCUT2D eigenvalue weighted by Gasteiger charge is 2.20. The van der Waals surface area contributed by atoms with Gasteiger partial charge in [-0.2, -0.15) is 0 Å². The van der Waals surface area contributed by atoms with Crippen LogP contribution < -0.4 is 10.5 Å². The fraction of sp³-hybridized carbons (Fsp3) is 0.467. The second-order valence-corrected chi connectivity index (χ2v) is 5.14. The number of hydrogen-bond acceptors (Lipinski definition) is 3. The van der Waals surface area contributed by atoms with Crippen molar-refractivity contribution in [3.63, 3.8) is 0 Å². The normalized spacial score (nSPS) is 15.9. The van der Waals surface area contributed by atoms with E-state index in [0.29, 0.717) is 18.1 Å². The van der Waals surface area contributed by atoms with E-state index in [0.717, 1.165) is 32.4 Å². The van der Waals surface area contributed by atoms with Crippen molar-refractivity contribution in [2.45, 2.75) is 25.7 Å².